The maximum atomic E-state index is 12.3. The monoisotopic (exact) mass is 244 g/mol. The molecule has 0 radical (unpaired) electrons. The molecule has 0 spiro atoms. The second kappa shape index (κ2) is 5.46. The lowest BCUT2D eigenvalue weighted by molar-refractivity contribution is -0.163. The first kappa shape index (κ1) is 13.9. The average molecular weight is 244 g/mol. The summed E-state index contributed by atoms with van der Waals surface area (Å²) in [5, 5.41) is 12.1. The summed E-state index contributed by atoms with van der Waals surface area (Å²) in [6.45, 7) is 4.83. The fraction of sp³-hybridized carbons (Fsp3) is 0.818. The molecule has 0 bridgehead atoms. The van der Waals surface area contributed by atoms with Gasteiger partial charge in [0.2, 0.25) is 0 Å². The van der Waals surface area contributed by atoms with E-state index in [1.54, 1.807) is 6.92 Å². The highest BCUT2D eigenvalue weighted by molar-refractivity contribution is 5.89. The number of nitrogens with zero attached hydrogens (tertiary/aromatic N) is 1. The quantitative estimate of drug-likeness (QED) is 0.709. The third-order valence-corrected chi connectivity index (χ3v) is 3.37. The van der Waals surface area contributed by atoms with Gasteiger partial charge in [0.1, 0.15) is 11.6 Å². The van der Waals surface area contributed by atoms with E-state index in [0.717, 1.165) is 0 Å². The highest BCUT2D eigenvalue weighted by Gasteiger charge is 2.41. The Morgan fingerprint density at radius 1 is 1.59 bits per heavy atom. The highest BCUT2D eigenvalue weighted by atomic mass is 16.5. The first-order valence-corrected chi connectivity index (χ1v) is 5.76. The van der Waals surface area contributed by atoms with E-state index in [-0.39, 0.29) is 12.5 Å². The van der Waals surface area contributed by atoms with Crippen LogP contribution in [0.15, 0.2) is 0 Å². The van der Waals surface area contributed by atoms with Crippen molar-refractivity contribution in [3.63, 3.8) is 0 Å². The summed E-state index contributed by atoms with van der Waals surface area (Å²) < 4.78 is 5.23. The van der Waals surface area contributed by atoms with Crippen LogP contribution in [-0.2, 0) is 14.3 Å². The van der Waals surface area contributed by atoms with Gasteiger partial charge in [0.25, 0.3) is 5.91 Å². The minimum absolute atomic E-state index is 0.253. The van der Waals surface area contributed by atoms with E-state index >= 15 is 0 Å². The second-order valence-corrected chi connectivity index (χ2v) is 4.35. The van der Waals surface area contributed by atoms with Gasteiger partial charge in [-0.1, -0.05) is 6.92 Å². The van der Waals surface area contributed by atoms with Crippen molar-refractivity contribution in [3.8, 4) is 0 Å². The van der Waals surface area contributed by atoms with E-state index in [9.17, 15) is 9.59 Å². The summed E-state index contributed by atoms with van der Waals surface area (Å²) in [7, 11) is 1.47. The number of ether oxygens (including phenoxy) is 1. The number of amides is 1. The van der Waals surface area contributed by atoms with Gasteiger partial charge in [-0.15, -0.1) is 0 Å². The van der Waals surface area contributed by atoms with Crippen LogP contribution in [0.5, 0.6) is 0 Å². The number of methoxy groups -OCH3 is 1. The number of rotatable bonds is 4. The van der Waals surface area contributed by atoms with Crippen LogP contribution >= 0.6 is 0 Å². The van der Waals surface area contributed by atoms with E-state index in [2.05, 4.69) is 5.32 Å². The van der Waals surface area contributed by atoms with Gasteiger partial charge in [-0.25, -0.2) is 4.79 Å². The zero-order valence-corrected chi connectivity index (χ0v) is 10.5. The number of nitrogens with one attached hydrogen (secondary N) is 1. The van der Waals surface area contributed by atoms with Crippen molar-refractivity contribution in [2.45, 2.75) is 31.9 Å². The molecule has 1 rings (SSSR count). The van der Waals surface area contributed by atoms with Gasteiger partial charge in [-0.05, 0) is 13.3 Å². The topological polar surface area (TPSA) is 78.9 Å². The Morgan fingerprint density at radius 2 is 2.24 bits per heavy atom. The zero-order chi connectivity index (χ0) is 13.1. The maximum absolute atomic E-state index is 12.3. The minimum Gasteiger partial charge on any atom is -0.480 e. The molecule has 0 aromatic heterocycles. The van der Waals surface area contributed by atoms with E-state index in [1.165, 1.54) is 12.0 Å². The summed E-state index contributed by atoms with van der Waals surface area (Å²) in [5.74, 6) is -1.24. The molecule has 1 heterocycles. The molecule has 1 amide bonds. The predicted octanol–water partition coefficient (Wildman–Crippen LogP) is -0.313. The van der Waals surface area contributed by atoms with Gasteiger partial charge in [0.15, 0.2) is 0 Å². The molecule has 2 atom stereocenters. The number of hydrogen-bond acceptors (Lipinski definition) is 4. The largest absolute Gasteiger partial charge is 0.480 e. The summed E-state index contributed by atoms with van der Waals surface area (Å²) in [6, 6.07) is -0.808. The number of carboxylic acid groups (broad SMARTS) is 1. The Hall–Kier alpha value is -1.14. The first-order valence-electron chi connectivity index (χ1n) is 5.76. The van der Waals surface area contributed by atoms with Gasteiger partial charge >= 0.3 is 5.97 Å². The van der Waals surface area contributed by atoms with Crippen LogP contribution in [0.2, 0.25) is 0 Å². The lowest BCUT2D eigenvalue weighted by Gasteiger charge is -2.38. The Labute approximate surface area is 101 Å². The number of carboxylic acids is 1. The second-order valence-electron chi connectivity index (χ2n) is 4.35. The Bertz CT molecular complexity index is 302. The number of carbonyl (C=O) groups excluding carboxylic acids is 1. The van der Waals surface area contributed by atoms with Crippen LogP contribution in [-0.4, -0.2) is 60.3 Å². The summed E-state index contributed by atoms with van der Waals surface area (Å²) in [6.07, 6.45) is 0.513. The van der Waals surface area contributed by atoms with Gasteiger partial charge in [0, 0.05) is 26.7 Å². The van der Waals surface area contributed by atoms with Crippen LogP contribution in [0.3, 0.4) is 0 Å². The molecule has 1 fully saturated rings. The standard InChI is InChI=1S/C11H20N2O4/c1-4-11(2,17-3)10(16)13-6-5-12-7-8(13)9(14)15/h8,12H,4-7H2,1-3H3,(H,14,15). The smallest absolute Gasteiger partial charge is 0.327 e. The molecule has 0 saturated carbocycles. The van der Waals surface area contributed by atoms with Gasteiger partial charge in [-0.2, -0.15) is 0 Å². The van der Waals surface area contributed by atoms with Crippen molar-refractivity contribution in [2.24, 2.45) is 0 Å². The van der Waals surface area contributed by atoms with Crippen LogP contribution in [0.25, 0.3) is 0 Å². The van der Waals surface area contributed by atoms with E-state index in [0.29, 0.717) is 19.5 Å². The molecule has 1 aliphatic rings. The van der Waals surface area contributed by atoms with Crippen molar-refractivity contribution in [1.82, 2.24) is 10.2 Å². The Morgan fingerprint density at radius 3 is 2.71 bits per heavy atom. The summed E-state index contributed by atoms with van der Waals surface area (Å²) in [5.41, 5.74) is -0.939. The molecule has 0 aromatic carbocycles. The SMILES string of the molecule is CCC(C)(OC)C(=O)N1CCNCC1C(=O)O. The lowest BCUT2D eigenvalue weighted by Crippen LogP contribution is -2.61. The fourth-order valence-electron chi connectivity index (χ4n) is 1.85. The van der Waals surface area contributed by atoms with Crippen LogP contribution in [0, 0.1) is 0 Å². The van der Waals surface area contributed by atoms with Crippen molar-refractivity contribution >= 4 is 11.9 Å². The minimum atomic E-state index is -0.986. The Balaban J connectivity index is 2.88. The van der Waals surface area contributed by atoms with E-state index < -0.39 is 17.6 Å². The molecule has 98 valence electrons. The molecule has 17 heavy (non-hydrogen) atoms. The number of hydrogen-bond donors (Lipinski definition) is 2. The molecule has 1 aliphatic heterocycles. The molecule has 6 heteroatoms. The summed E-state index contributed by atoms with van der Waals surface area (Å²) >= 11 is 0. The normalized spacial score (nSPS) is 24.2. The molecular formula is C11H20N2O4. The third-order valence-electron chi connectivity index (χ3n) is 3.37. The van der Waals surface area contributed by atoms with Crippen molar-refractivity contribution in [3.05, 3.63) is 0 Å². The predicted molar refractivity (Wildman–Crippen MR) is 61.7 cm³/mol. The van der Waals surface area contributed by atoms with Gasteiger partial charge in [-0.3, -0.25) is 4.79 Å². The third kappa shape index (κ3) is 2.76. The number of piperazine rings is 1. The fourth-order valence-corrected chi connectivity index (χ4v) is 1.85. The first-order chi connectivity index (χ1) is 7.96. The Kier molecular flexibility index (Phi) is 4.47. The van der Waals surface area contributed by atoms with Crippen LogP contribution < -0.4 is 5.32 Å². The highest BCUT2D eigenvalue weighted by Crippen LogP contribution is 2.20. The molecule has 2 N–H and O–H groups in total. The molecule has 1 saturated heterocycles. The van der Waals surface area contributed by atoms with Crippen molar-refractivity contribution in [1.29, 1.82) is 0 Å². The molecule has 0 aromatic rings. The average Bonchev–Trinajstić information content (AvgIpc) is 2.36. The summed E-state index contributed by atoms with van der Waals surface area (Å²) in [4.78, 5) is 24.8. The van der Waals surface area contributed by atoms with Crippen molar-refractivity contribution < 1.29 is 19.4 Å². The van der Waals surface area contributed by atoms with E-state index in [1.807, 2.05) is 6.92 Å². The van der Waals surface area contributed by atoms with Crippen LogP contribution in [0.1, 0.15) is 20.3 Å². The van der Waals surface area contributed by atoms with E-state index in [4.69, 9.17) is 9.84 Å². The van der Waals surface area contributed by atoms with Gasteiger partial charge in [0.05, 0.1) is 0 Å². The van der Waals surface area contributed by atoms with Crippen LogP contribution in [0.4, 0.5) is 0 Å². The number of carbonyl (C=O) groups is 2. The lowest BCUT2D eigenvalue weighted by atomic mass is 9.99. The zero-order valence-electron chi connectivity index (χ0n) is 10.5. The molecule has 2 unspecified atom stereocenters. The molecule has 6 nitrogen and oxygen atoms in total. The molecule has 0 aliphatic carbocycles. The maximum Gasteiger partial charge on any atom is 0.327 e. The number of aliphatic carboxylic acids is 1. The van der Waals surface area contributed by atoms with Gasteiger partial charge < -0.3 is 20.1 Å². The van der Waals surface area contributed by atoms with Crippen molar-refractivity contribution in [2.75, 3.05) is 26.7 Å². The molecular weight excluding hydrogens is 224 g/mol.